The van der Waals surface area contributed by atoms with Crippen LogP contribution < -0.4 is 16.0 Å². The fraction of sp³-hybridized carbons (Fsp3) is 0.700. The van der Waals surface area contributed by atoms with E-state index in [2.05, 4.69) is 48.9 Å². The van der Waals surface area contributed by atoms with Crippen LogP contribution in [-0.2, 0) is 16.1 Å². The molecule has 0 aliphatic carbocycles. The summed E-state index contributed by atoms with van der Waals surface area (Å²) >= 11 is 0. The van der Waals surface area contributed by atoms with Gasteiger partial charge in [0, 0.05) is 31.8 Å². The number of nitrogens with one attached hydrogen (secondary N) is 3. The first-order valence-electron chi connectivity index (χ1n) is 13.6. The Morgan fingerprint density at radius 1 is 0.861 bits per heavy atom. The molecule has 0 radical (unpaired) electrons. The van der Waals surface area contributed by atoms with Gasteiger partial charge in [0.25, 0.3) is 0 Å². The molecular formula is C30H51N3O3. The summed E-state index contributed by atoms with van der Waals surface area (Å²) in [6, 6.07) is 9.43. The number of amides is 2. The van der Waals surface area contributed by atoms with Gasteiger partial charge in [-0.1, -0.05) is 85.2 Å². The van der Waals surface area contributed by atoms with Crippen LogP contribution in [0.5, 0.6) is 0 Å². The SMILES string of the molecule is CCC(=O)C(CCC(=O)CC(C)(C)C)NC(=O)NC(CCCCNCc1ccccc1)CC(C)(C)C. The molecule has 2 unspecified atom stereocenters. The van der Waals surface area contributed by atoms with Gasteiger partial charge in [0.05, 0.1) is 6.04 Å². The molecule has 0 saturated carbocycles. The van der Waals surface area contributed by atoms with Crippen molar-refractivity contribution in [2.45, 2.75) is 118 Å². The highest BCUT2D eigenvalue weighted by atomic mass is 16.2. The molecule has 6 nitrogen and oxygen atoms in total. The lowest BCUT2D eigenvalue weighted by molar-refractivity contribution is -0.122. The molecule has 1 aromatic rings. The third-order valence-corrected chi connectivity index (χ3v) is 6.00. The van der Waals surface area contributed by atoms with E-state index in [1.165, 1.54) is 5.56 Å². The largest absolute Gasteiger partial charge is 0.335 e. The molecule has 0 spiro atoms. The highest BCUT2D eigenvalue weighted by Crippen LogP contribution is 2.23. The van der Waals surface area contributed by atoms with Gasteiger partial charge in [0.1, 0.15) is 5.78 Å². The molecular weight excluding hydrogens is 450 g/mol. The van der Waals surface area contributed by atoms with Crippen molar-refractivity contribution in [1.29, 1.82) is 0 Å². The molecule has 0 saturated heterocycles. The standard InChI is InChI=1S/C30H51N3O3/c1-8-27(35)26(18-17-25(34)21-30(5,6)7)33-28(36)32-24(20-29(2,3)4)16-12-13-19-31-22-23-14-10-9-11-15-23/h9-11,14-15,24,26,31H,8,12-13,16-22H2,1-7H3,(H2,32,33,36). The Balaban J connectivity index is 2.55. The van der Waals surface area contributed by atoms with E-state index < -0.39 is 6.04 Å². The number of benzene rings is 1. The lowest BCUT2D eigenvalue weighted by atomic mass is 9.86. The smallest absolute Gasteiger partial charge is 0.315 e. The molecule has 0 bridgehead atoms. The minimum absolute atomic E-state index is 0.0269. The highest BCUT2D eigenvalue weighted by Gasteiger charge is 2.25. The van der Waals surface area contributed by atoms with Gasteiger partial charge < -0.3 is 16.0 Å². The number of ketones is 2. The van der Waals surface area contributed by atoms with Crippen LogP contribution in [0.15, 0.2) is 30.3 Å². The van der Waals surface area contributed by atoms with Crippen molar-refractivity contribution in [3.63, 3.8) is 0 Å². The van der Waals surface area contributed by atoms with E-state index in [0.717, 1.165) is 38.8 Å². The predicted molar refractivity (Wildman–Crippen MR) is 149 cm³/mol. The van der Waals surface area contributed by atoms with Crippen LogP contribution in [0, 0.1) is 10.8 Å². The molecule has 0 heterocycles. The van der Waals surface area contributed by atoms with E-state index in [0.29, 0.717) is 25.7 Å². The van der Waals surface area contributed by atoms with Crippen molar-refractivity contribution in [3.8, 4) is 0 Å². The second-order valence-corrected chi connectivity index (χ2v) is 12.4. The normalized spacial score (nSPS) is 13.6. The van der Waals surface area contributed by atoms with Crippen molar-refractivity contribution in [3.05, 3.63) is 35.9 Å². The quantitative estimate of drug-likeness (QED) is 0.236. The van der Waals surface area contributed by atoms with Crippen LogP contribution in [-0.4, -0.2) is 36.2 Å². The lowest BCUT2D eigenvalue weighted by Gasteiger charge is -2.28. The van der Waals surface area contributed by atoms with Gasteiger partial charge in [-0.3, -0.25) is 9.59 Å². The molecule has 0 fully saturated rings. The van der Waals surface area contributed by atoms with Crippen LogP contribution in [0.2, 0.25) is 0 Å². The third-order valence-electron chi connectivity index (χ3n) is 6.00. The number of hydrogen-bond acceptors (Lipinski definition) is 4. The van der Waals surface area contributed by atoms with Gasteiger partial charge in [-0.05, 0) is 48.6 Å². The van der Waals surface area contributed by atoms with E-state index in [1.807, 2.05) is 39.0 Å². The average molecular weight is 502 g/mol. The van der Waals surface area contributed by atoms with Crippen molar-refractivity contribution >= 4 is 17.6 Å². The summed E-state index contributed by atoms with van der Waals surface area (Å²) in [6.45, 7) is 16.2. The Bertz CT molecular complexity index is 794. The molecule has 2 amide bonds. The topological polar surface area (TPSA) is 87.3 Å². The van der Waals surface area contributed by atoms with Crippen LogP contribution >= 0.6 is 0 Å². The van der Waals surface area contributed by atoms with Crippen LogP contribution in [0.3, 0.4) is 0 Å². The highest BCUT2D eigenvalue weighted by molar-refractivity contribution is 5.89. The molecule has 36 heavy (non-hydrogen) atoms. The predicted octanol–water partition coefficient (Wildman–Crippen LogP) is 6.18. The Morgan fingerprint density at radius 3 is 2.11 bits per heavy atom. The van der Waals surface area contributed by atoms with Crippen molar-refractivity contribution in [2.24, 2.45) is 10.8 Å². The molecule has 1 aromatic carbocycles. The van der Waals surface area contributed by atoms with Gasteiger partial charge in [0.2, 0.25) is 0 Å². The maximum absolute atomic E-state index is 12.9. The number of hydrogen-bond donors (Lipinski definition) is 3. The summed E-state index contributed by atoms with van der Waals surface area (Å²) in [7, 11) is 0. The van der Waals surface area contributed by atoms with E-state index in [4.69, 9.17) is 0 Å². The Hall–Kier alpha value is -2.21. The fourth-order valence-electron chi connectivity index (χ4n) is 4.36. The molecule has 2 atom stereocenters. The maximum atomic E-state index is 12.9. The zero-order chi connectivity index (χ0) is 27.2. The number of carbonyl (C=O) groups is 3. The third kappa shape index (κ3) is 15.7. The lowest BCUT2D eigenvalue weighted by Crippen LogP contribution is -2.49. The summed E-state index contributed by atoms with van der Waals surface area (Å²) in [4.78, 5) is 37.7. The Kier molecular flexibility index (Phi) is 14.0. The van der Waals surface area contributed by atoms with Crippen molar-refractivity contribution < 1.29 is 14.4 Å². The fourth-order valence-corrected chi connectivity index (χ4v) is 4.36. The molecule has 3 N–H and O–H groups in total. The molecule has 0 aromatic heterocycles. The van der Waals surface area contributed by atoms with Gasteiger partial charge >= 0.3 is 6.03 Å². The molecule has 0 aliphatic heterocycles. The van der Waals surface area contributed by atoms with Gasteiger partial charge in [-0.15, -0.1) is 0 Å². The molecule has 0 aliphatic rings. The summed E-state index contributed by atoms with van der Waals surface area (Å²) in [6.07, 6.45) is 5.23. The van der Waals surface area contributed by atoms with Crippen LogP contribution in [0.25, 0.3) is 0 Å². The summed E-state index contributed by atoms with van der Waals surface area (Å²) in [5.41, 5.74) is 1.27. The van der Waals surface area contributed by atoms with E-state index in [9.17, 15) is 14.4 Å². The number of carbonyl (C=O) groups excluding carboxylic acids is 3. The first-order chi connectivity index (χ1) is 16.8. The summed E-state index contributed by atoms with van der Waals surface area (Å²) in [5.74, 6) is 0.0932. The number of urea groups is 1. The Labute approximate surface area is 219 Å². The molecule has 1 rings (SSSR count). The zero-order valence-electron chi connectivity index (χ0n) is 23.8. The van der Waals surface area contributed by atoms with Gasteiger partial charge in [-0.2, -0.15) is 0 Å². The zero-order valence-corrected chi connectivity index (χ0v) is 23.8. The first kappa shape index (κ1) is 31.8. The minimum Gasteiger partial charge on any atom is -0.335 e. The second-order valence-electron chi connectivity index (χ2n) is 12.4. The summed E-state index contributed by atoms with van der Waals surface area (Å²) < 4.78 is 0. The average Bonchev–Trinajstić information content (AvgIpc) is 2.76. The molecule has 6 heteroatoms. The van der Waals surface area contributed by atoms with E-state index in [-0.39, 0.29) is 34.5 Å². The number of Topliss-reactive ketones (excluding diaryl/α,β-unsaturated/α-hetero) is 2. The van der Waals surface area contributed by atoms with E-state index in [1.54, 1.807) is 6.92 Å². The first-order valence-corrected chi connectivity index (χ1v) is 13.6. The van der Waals surface area contributed by atoms with Crippen molar-refractivity contribution in [1.82, 2.24) is 16.0 Å². The summed E-state index contributed by atoms with van der Waals surface area (Å²) in [5, 5.41) is 9.47. The Morgan fingerprint density at radius 2 is 1.53 bits per heavy atom. The number of rotatable bonds is 16. The minimum atomic E-state index is -0.628. The number of unbranched alkanes of at least 4 members (excludes halogenated alkanes) is 1. The second kappa shape index (κ2) is 15.8. The van der Waals surface area contributed by atoms with Crippen LogP contribution in [0.4, 0.5) is 4.79 Å². The van der Waals surface area contributed by atoms with Gasteiger partial charge in [-0.25, -0.2) is 4.79 Å². The van der Waals surface area contributed by atoms with Crippen molar-refractivity contribution in [2.75, 3.05) is 6.54 Å². The van der Waals surface area contributed by atoms with E-state index >= 15 is 0 Å². The molecule has 204 valence electrons. The van der Waals surface area contributed by atoms with Gasteiger partial charge in [0.15, 0.2) is 5.78 Å². The monoisotopic (exact) mass is 501 g/mol. The maximum Gasteiger partial charge on any atom is 0.315 e. The van der Waals surface area contributed by atoms with Crippen LogP contribution in [0.1, 0.15) is 105 Å².